The van der Waals surface area contributed by atoms with Crippen LogP contribution < -0.4 is 14.2 Å². The summed E-state index contributed by atoms with van der Waals surface area (Å²) in [5.41, 5.74) is -3.41. The largest absolute Gasteiger partial charge is 0.492 e. The average molecular weight is 558 g/mol. The van der Waals surface area contributed by atoms with Crippen molar-refractivity contribution in [1.82, 2.24) is 24.5 Å². The maximum Gasteiger partial charge on any atom is 0.332 e. The molecule has 3 heterocycles. The van der Waals surface area contributed by atoms with Crippen LogP contribution >= 0.6 is 0 Å². The average Bonchev–Trinajstić information content (AvgIpc) is 3.41. The Morgan fingerprint density at radius 3 is 1.90 bits per heavy atom. The third-order valence-corrected chi connectivity index (χ3v) is 8.47. The van der Waals surface area contributed by atoms with Gasteiger partial charge in [0, 0.05) is 46.2 Å². The summed E-state index contributed by atoms with van der Waals surface area (Å²) in [6.07, 6.45) is 0.0431. The highest BCUT2D eigenvalue weighted by atomic mass is 16.7. The summed E-state index contributed by atoms with van der Waals surface area (Å²) in [5, 5.41) is 0. The Balaban J connectivity index is 1.95. The van der Waals surface area contributed by atoms with Crippen LogP contribution in [0.3, 0.4) is 0 Å². The predicted molar refractivity (Wildman–Crippen MR) is 135 cm³/mol. The summed E-state index contributed by atoms with van der Waals surface area (Å²) >= 11 is 0. The fourth-order valence-electron chi connectivity index (χ4n) is 6.80. The fraction of sp³-hybridized carbons (Fsp3) is 0.538. The molecule has 40 heavy (non-hydrogen) atoms. The van der Waals surface area contributed by atoms with E-state index in [1.54, 1.807) is 25.1 Å². The monoisotopic (exact) mass is 557 g/mol. The van der Waals surface area contributed by atoms with Crippen LogP contribution in [0.1, 0.15) is 23.5 Å². The van der Waals surface area contributed by atoms with Gasteiger partial charge in [0.1, 0.15) is 10.8 Å². The normalized spacial score (nSPS) is 23.6. The van der Waals surface area contributed by atoms with Gasteiger partial charge in [0.25, 0.3) is 0 Å². The number of nitrogens with zero attached hydrogens (tertiary/aromatic N) is 5. The highest BCUT2D eigenvalue weighted by Crippen LogP contribution is 2.63. The summed E-state index contributed by atoms with van der Waals surface area (Å²) in [6, 6.07) is 0.00358. The molecule has 14 nitrogen and oxygen atoms in total. The van der Waals surface area contributed by atoms with Crippen LogP contribution in [0.2, 0.25) is 0 Å². The number of fused-ring (bicyclic) bond motifs is 2. The molecule has 0 radical (unpaired) electrons. The zero-order valence-corrected chi connectivity index (χ0v) is 23.4. The maximum absolute atomic E-state index is 14.4. The Morgan fingerprint density at radius 2 is 1.40 bits per heavy atom. The lowest BCUT2D eigenvalue weighted by Gasteiger charge is -2.56. The van der Waals surface area contributed by atoms with Gasteiger partial charge in [-0.1, -0.05) is 0 Å². The highest BCUT2D eigenvalue weighted by Gasteiger charge is 2.73. The standard InChI is InChI=1S/C26H31N5O9/c1-27(2)11-26(21(34)30(5)24(37)31(6)22(26)35)18-15-13(10-14-16(17(15)38-7)40-12-39-14)8-9-25(18)19(32)28(3)23(36)29(4)20(25)33/h10,18H,8-9,11-12H2,1-7H3/t18-/m1/s1. The number of ether oxygens (including phenoxy) is 3. The van der Waals surface area contributed by atoms with E-state index in [-0.39, 0.29) is 43.2 Å². The zero-order chi connectivity index (χ0) is 29.5. The van der Waals surface area contributed by atoms with Crippen LogP contribution in [0.15, 0.2) is 6.07 Å². The minimum atomic E-state index is -2.16. The number of benzene rings is 1. The number of hydrogen-bond acceptors (Lipinski definition) is 10. The first-order valence-electron chi connectivity index (χ1n) is 12.6. The Hall–Kier alpha value is -4.20. The van der Waals surface area contributed by atoms with Crippen molar-refractivity contribution in [3.63, 3.8) is 0 Å². The third-order valence-electron chi connectivity index (χ3n) is 8.47. The van der Waals surface area contributed by atoms with Crippen LogP contribution in [-0.2, 0) is 25.6 Å². The van der Waals surface area contributed by atoms with Gasteiger partial charge in [-0.2, -0.15) is 0 Å². The highest BCUT2D eigenvalue weighted by molar-refractivity contribution is 6.24. The second-order valence-corrected chi connectivity index (χ2v) is 10.9. The number of aryl methyl sites for hydroxylation is 1. The molecule has 0 unspecified atom stereocenters. The summed E-state index contributed by atoms with van der Waals surface area (Å²) in [6.45, 7) is -0.374. The van der Waals surface area contributed by atoms with E-state index >= 15 is 0 Å². The maximum atomic E-state index is 14.4. The van der Waals surface area contributed by atoms with E-state index in [4.69, 9.17) is 14.2 Å². The van der Waals surface area contributed by atoms with Crippen molar-refractivity contribution in [1.29, 1.82) is 0 Å². The van der Waals surface area contributed by atoms with E-state index in [1.807, 2.05) is 0 Å². The number of carbonyl (C=O) groups excluding carboxylic acids is 6. The molecule has 14 heteroatoms. The molecule has 2 saturated heterocycles. The summed E-state index contributed by atoms with van der Waals surface area (Å²) in [4.78, 5) is 87.9. The topological polar surface area (TPSA) is 146 Å². The molecule has 214 valence electrons. The molecule has 1 aliphatic carbocycles. The molecule has 1 atom stereocenters. The molecule has 0 aromatic heterocycles. The van der Waals surface area contributed by atoms with Crippen LogP contribution in [0, 0.1) is 10.8 Å². The number of carbonyl (C=O) groups is 6. The van der Waals surface area contributed by atoms with Gasteiger partial charge in [-0.15, -0.1) is 0 Å². The molecule has 5 rings (SSSR count). The number of methoxy groups -OCH3 is 1. The Bertz CT molecular complexity index is 1340. The van der Waals surface area contributed by atoms with Crippen molar-refractivity contribution in [3.05, 3.63) is 17.2 Å². The van der Waals surface area contributed by atoms with Gasteiger partial charge in [-0.05, 0) is 38.6 Å². The Morgan fingerprint density at radius 1 is 0.875 bits per heavy atom. The predicted octanol–water partition coefficient (Wildman–Crippen LogP) is 0.0889. The van der Waals surface area contributed by atoms with Crippen LogP contribution in [0.25, 0.3) is 0 Å². The first-order valence-corrected chi connectivity index (χ1v) is 12.6. The van der Waals surface area contributed by atoms with Crippen molar-refractivity contribution in [3.8, 4) is 17.2 Å². The number of barbiturate groups is 2. The van der Waals surface area contributed by atoms with Gasteiger partial charge in [0.05, 0.1) is 7.11 Å². The number of urea groups is 2. The lowest BCUT2D eigenvalue weighted by Crippen LogP contribution is -2.74. The fourth-order valence-corrected chi connectivity index (χ4v) is 6.80. The molecular formula is C26H31N5O9. The smallest absolute Gasteiger partial charge is 0.332 e. The van der Waals surface area contributed by atoms with Gasteiger partial charge in [0.15, 0.2) is 11.5 Å². The zero-order valence-electron chi connectivity index (χ0n) is 23.4. The molecular weight excluding hydrogens is 526 g/mol. The summed E-state index contributed by atoms with van der Waals surface area (Å²) in [7, 11) is 9.65. The molecule has 2 fully saturated rings. The van der Waals surface area contributed by atoms with Crippen molar-refractivity contribution in [2.24, 2.45) is 10.8 Å². The lowest BCUT2D eigenvalue weighted by molar-refractivity contribution is -0.173. The van der Waals surface area contributed by atoms with E-state index < -0.39 is 52.4 Å². The molecule has 0 N–H and O–H groups in total. The molecule has 0 saturated carbocycles. The molecule has 8 amide bonds. The quantitative estimate of drug-likeness (QED) is 0.467. The summed E-state index contributed by atoms with van der Waals surface area (Å²) in [5.74, 6) is -4.27. The van der Waals surface area contributed by atoms with E-state index in [0.717, 1.165) is 19.6 Å². The van der Waals surface area contributed by atoms with E-state index in [9.17, 15) is 28.8 Å². The minimum Gasteiger partial charge on any atom is -0.492 e. The van der Waals surface area contributed by atoms with Gasteiger partial charge < -0.3 is 19.1 Å². The number of amides is 8. The Kier molecular flexibility index (Phi) is 6.10. The number of hydrogen-bond donors (Lipinski definition) is 0. The van der Waals surface area contributed by atoms with Gasteiger partial charge in [0.2, 0.25) is 36.2 Å². The molecule has 1 spiro atoms. The molecule has 1 aromatic carbocycles. The van der Waals surface area contributed by atoms with Gasteiger partial charge in [-0.3, -0.25) is 38.8 Å². The van der Waals surface area contributed by atoms with Crippen molar-refractivity contribution in [2.45, 2.75) is 18.8 Å². The second-order valence-electron chi connectivity index (χ2n) is 10.9. The van der Waals surface area contributed by atoms with E-state index in [1.165, 1.54) is 35.3 Å². The van der Waals surface area contributed by atoms with Crippen LogP contribution in [-0.4, -0.2) is 123 Å². The third kappa shape index (κ3) is 3.19. The molecule has 1 aromatic rings. The first kappa shape index (κ1) is 27.4. The van der Waals surface area contributed by atoms with Crippen molar-refractivity contribution >= 4 is 35.7 Å². The lowest BCUT2D eigenvalue weighted by atomic mass is 9.51. The first-order chi connectivity index (χ1) is 18.8. The van der Waals surface area contributed by atoms with Gasteiger partial charge in [-0.25, -0.2) is 9.59 Å². The number of rotatable bonds is 4. The molecule has 0 bridgehead atoms. The van der Waals surface area contributed by atoms with E-state index in [2.05, 4.69) is 0 Å². The SMILES string of the molecule is COc1c2c(cc3c1[C@@H](C1(CN(C)C)C(=O)N(C)C(=O)N(C)C1=O)C1(CC3)C(=O)N(C)C(=O)N(C)C1=O)OCO2. The molecule has 4 aliphatic rings. The number of imide groups is 4. The molecule has 3 aliphatic heterocycles. The summed E-state index contributed by atoms with van der Waals surface area (Å²) < 4.78 is 17.1. The van der Waals surface area contributed by atoms with Crippen LogP contribution in [0.4, 0.5) is 9.59 Å². The Labute approximate surface area is 230 Å². The van der Waals surface area contributed by atoms with Crippen molar-refractivity contribution in [2.75, 3.05) is 62.7 Å². The minimum absolute atomic E-state index is 0.108. The second kappa shape index (κ2) is 8.91. The van der Waals surface area contributed by atoms with Crippen LogP contribution in [0.5, 0.6) is 17.2 Å². The van der Waals surface area contributed by atoms with Gasteiger partial charge >= 0.3 is 12.1 Å². The van der Waals surface area contributed by atoms with Crippen molar-refractivity contribution < 1.29 is 43.0 Å². The van der Waals surface area contributed by atoms with E-state index in [0.29, 0.717) is 11.3 Å².